The number of pyridine rings is 1. The van der Waals surface area contributed by atoms with Crippen molar-refractivity contribution in [2.24, 2.45) is 17.8 Å². The number of hydrogen-bond donors (Lipinski definition) is 3. The summed E-state index contributed by atoms with van der Waals surface area (Å²) < 4.78 is 44.8. The molecular formula is C46H56N6O10S. The van der Waals surface area contributed by atoms with Gasteiger partial charge in [-0.15, -0.1) is 0 Å². The number of sulfonamides is 1. The molecule has 0 bridgehead atoms. The van der Waals surface area contributed by atoms with Crippen LogP contribution in [0.2, 0.25) is 0 Å². The Balaban J connectivity index is 1.13. The van der Waals surface area contributed by atoms with E-state index in [0.29, 0.717) is 49.1 Å². The largest absolute Gasteiger partial charge is 0.497 e. The van der Waals surface area contributed by atoms with Gasteiger partial charge in [-0.2, -0.15) is 0 Å². The Labute approximate surface area is 367 Å². The Morgan fingerprint density at radius 1 is 0.921 bits per heavy atom. The Kier molecular flexibility index (Phi) is 11.9. The standard InChI is InChI=1S/C46H56N6O10S/c1-45(2,3)62-44(57)48-36-15-10-8-6-7-9-13-29-23-46(29,43(56)50-63(58,59)32-17-18-32)49-40(53)39-35-26-51(24-28(35)25-52(39)42(36)55)41(54)38-22-34(27-12-11-14-30(20-27)60-4)33-19-16-31(61-5)21-37(33)47-38/h9,11-14,16,19-22,28-29,32,35-36,39H,6-8,10,15,17-18,23-26H2,1-5H3,(H,48,57)(H,49,53)(H,50,56)/b13-9-/t28-,29+,35-,36+,39-,46-/m0/s1. The molecule has 2 saturated heterocycles. The maximum Gasteiger partial charge on any atom is 0.408 e. The van der Waals surface area contributed by atoms with Gasteiger partial charge in [-0.25, -0.2) is 18.2 Å². The average Bonchev–Trinajstić information content (AvgIpc) is 4.15. The molecule has 3 N–H and O–H groups in total. The van der Waals surface area contributed by atoms with Crippen molar-refractivity contribution in [2.75, 3.05) is 33.9 Å². The van der Waals surface area contributed by atoms with E-state index in [1.54, 1.807) is 52.0 Å². The van der Waals surface area contributed by atoms with Crippen molar-refractivity contribution >= 4 is 50.6 Å². The summed E-state index contributed by atoms with van der Waals surface area (Å²) in [7, 11) is -0.804. The molecule has 5 amide bonds. The molecule has 0 spiro atoms. The van der Waals surface area contributed by atoms with Crippen molar-refractivity contribution < 1.29 is 46.6 Å². The molecule has 4 fully saturated rings. The van der Waals surface area contributed by atoms with Gasteiger partial charge in [-0.3, -0.25) is 23.9 Å². The summed E-state index contributed by atoms with van der Waals surface area (Å²) in [5, 5.41) is 5.85. The molecule has 2 saturated carbocycles. The number of allylic oxidation sites excluding steroid dienone is 1. The molecule has 3 aliphatic heterocycles. The first kappa shape index (κ1) is 43.9. The van der Waals surface area contributed by atoms with E-state index in [4.69, 9.17) is 19.2 Å². The fourth-order valence-corrected chi connectivity index (χ4v) is 10.7. The lowest BCUT2D eigenvalue weighted by molar-refractivity contribution is -0.142. The SMILES string of the molecule is COc1cccc(-c2cc(C(=O)N3C[C@H]4CN5C(=O)[C@H](NC(=O)OC(C)(C)C)CCCCC/C=C\[C@@H]6C[C@]6(C(=O)NS(=O)(=O)C6CC6)NC(=O)[C@@H]5[C@H]4C3)nc3cc(OC)ccc23)c1. The summed E-state index contributed by atoms with van der Waals surface area (Å²) >= 11 is 0. The minimum atomic E-state index is -3.94. The Morgan fingerprint density at radius 3 is 2.41 bits per heavy atom. The van der Waals surface area contributed by atoms with E-state index in [9.17, 15) is 32.4 Å². The number of rotatable bonds is 8. The maximum atomic E-state index is 14.9. The summed E-state index contributed by atoms with van der Waals surface area (Å²) in [6.45, 7) is 5.55. The van der Waals surface area contributed by atoms with Crippen LogP contribution in [0, 0.1) is 17.8 Å². The van der Waals surface area contributed by atoms with Crippen LogP contribution in [0.1, 0.15) is 82.6 Å². The van der Waals surface area contributed by atoms with E-state index in [1.807, 2.05) is 48.6 Å². The minimum absolute atomic E-state index is 0.0838. The predicted molar refractivity (Wildman–Crippen MR) is 233 cm³/mol. The smallest absolute Gasteiger partial charge is 0.408 e. The number of carbonyl (C=O) groups is 5. The average molecular weight is 885 g/mol. The topological polar surface area (TPSA) is 203 Å². The summed E-state index contributed by atoms with van der Waals surface area (Å²) in [5.74, 6) is -2.49. The number of ether oxygens (including phenoxy) is 3. The van der Waals surface area contributed by atoms with E-state index in [-0.39, 0.29) is 43.6 Å². The number of benzene rings is 2. The van der Waals surface area contributed by atoms with Crippen LogP contribution in [0.25, 0.3) is 22.0 Å². The molecule has 5 aliphatic rings. The molecule has 1 aromatic heterocycles. The number of likely N-dealkylation sites (tertiary alicyclic amines) is 1. The van der Waals surface area contributed by atoms with Gasteiger partial charge >= 0.3 is 6.09 Å². The third-order valence-corrected chi connectivity index (χ3v) is 14.6. The first-order valence-corrected chi connectivity index (χ1v) is 23.3. The third-order valence-electron chi connectivity index (χ3n) is 12.8. The number of nitrogens with zero attached hydrogens (tertiary/aromatic N) is 3. The number of alkyl carbamates (subject to hydrolysis) is 1. The zero-order valence-corrected chi connectivity index (χ0v) is 37.2. The van der Waals surface area contributed by atoms with Gasteiger partial charge < -0.3 is 34.6 Å². The zero-order valence-electron chi connectivity index (χ0n) is 36.3. The maximum absolute atomic E-state index is 14.9. The molecule has 16 nitrogen and oxygen atoms in total. The van der Waals surface area contributed by atoms with E-state index in [0.717, 1.165) is 29.4 Å². The highest BCUT2D eigenvalue weighted by Gasteiger charge is 2.63. The van der Waals surface area contributed by atoms with Crippen molar-refractivity contribution in [3.05, 3.63) is 66.4 Å². The van der Waals surface area contributed by atoms with Crippen LogP contribution in [-0.4, -0.2) is 115 Å². The second-order valence-corrected chi connectivity index (χ2v) is 20.4. The van der Waals surface area contributed by atoms with E-state index >= 15 is 0 Å². The first-order chi connectivity index (χ1) is 30.0. The quantitative estimate of drug-likeness (QED) is 0.265. The normalized spacial score (nSPS) is 26.8. The second-order valence-electron chi connectivity index (χ2n) is 18.5. The predicted octanol–water partition coefficient (Wildman–Crippen LogP) is 4.71. The molecule has 336 valence electrons. The van der Waals surface area contributed by atoms with Gasteiger partial charge in [-0.05, 0) is 101 Å². The van der Waals surface area contributed by atoms with Crippen molar-refractivity contribution in [2.45, 2.75) is 101 Å². The van der Waals surface area contributed by atoms with Gasteiger partial charge in [-0.1, -0.05) is 37.1 Å². The number of carbonyl (C=O) groups excluding carboxylic acids is 5. The van der Waals surface area contributed by atoms with E-state index in [1.165, 1.54) is 4.90 Å². The summed E-state index contributed by atoms with van der Waals surface area (Å²) in [4.78, 5) is 79.3. The molecule has 0 radical (unpaired) electrons. The highest BCUT2D eigenvalue weighted by atomic mass is 32.2. The van der Waals surface area contributed by atoms with E-state index in [2.05, 4.69) is 15.4 Å². The second kappa shape index (κ2) is 17.1. The lowest BCUT2D eigenvalue weighted by Crippen LogP contribution is -2.60. The number of aromatic nitrogens is 1. The van der Waals surface area contributed by atoms with Crippen LogP contribution in [0.5, 0.6) is 11.5 Å². The van der Waals surface area contributed by atoms with Crippen LogP contribution in [0.3, 0.4) is 0 Å². The first-order valence-electron chi connectivity index (χ1n) is 21.8. The Bertz CT molecular complexity index is 2470. The zero-order chi connectivity index (χ0) is 44.8. The molecule has 2 aliphatic carbocycles. The number of methoxy groups -OCH3 is 2. The molecule has 4 heterocycles. The highest BCUT2D eigenvalue weighted by Crippen LogP contribution is 2.47. The molecular weight excluding hydrogens is 829 g/mol. The minimum Gasteiger partial charge on any atom is -0.497 e. The van der Waals surface area contributed by atoms with Crippen molar-refractivity contribution in [1.29, 1.82) is 0 Å². The monoisotopic (exact) mass is 884 g/mol. The van der Waals surface area contributed by atoms with Crippen molar-refractivity contribution in [3.8, 4) is 22.6 Å². The van der Waals surface area contributed by atoms with E-state index < -0.39 is 74.1 Å². The lowest BCUT2D eigenvalue weighted by atomic mass is 9.93. The van der Waals surface area contributed by atoms with Crippen LogP contribution >= 0.6 is 0 Å². The van der Waals surface area contributed by atoms with Gasteiger partial charge in [0.1, 0.15) is 40.4 Å². The van der Waals surface area contributed by atoms with Gasteiger partial charge in [0.25, 0.3) is 11.8 Å². The van der Waals surface area contributed by atoms with Crippen molar-refractivity contribution in [3.63, 3.8) is 0 Å². The molecule has 17 heteroatoms. The molecule has 2 aromatic carbocycles. The highest BCUT2D eigenvalue weighted by molar-refractivity contribution is 7.91. The number of hydrogen-bond acceptors (Lipinski definition) is 11. The summed E-state index contributed by atoms with van der Waals surface area (Å²) in [5.41, 5.74) is -0.102. The summed E-state index contributed by atoms with van der Waals surface area (Å²) in [6.07, 6.45) is 7.22. The van der Waals surface area contributed by atoms with Gasteiger partial charge in [0.05, 0.1) is 25.0 Å². The molecule has 0 unspecified atom stereocenters. The van der Waals surface area contributed by atoms with Gasteiger partial charge in [0.2, 0.25) is 21.8 Å². The van der Waals surface area contributed by atoms with Crippen LogP contribution in [0.15, 0.2) is 60.7 Å². The lowest BCUT2D eigenvalue weighted by Gasteiger charge is -2.33. The van der Waals surface area contributed by atoms with Crippen LogP contribution < -0.4 is 24.8 Å². The Hall–Kier alpha value is -5.71. The Morgan fingerprint density at radius 2 is 1.68 bits per heavy atom. The van der Waals surface area contributed by atoms with Crippen LogP contribution in [0.4, 0.5) is 4.79 Å². The molecule has 8 rings (SSSR count). The number of nitrogens with one attached hydrogen (secondary N) is 3. The molecule has 3 aromatic rings. The third kappa shape index (κ3) is 9.20. The molecule has 6 atom stereocenters. The van der Waals surface area contributed by atoms with Crippen LogP contribution in [-0.2, 0) is 29.1 Å². The number of amides is 5. The summed E-state index contributed by atoms with van der Waals surface area (Å²) in [6, 6.07) is 12.6. The molecule has 63 heavy (non-hydrogen) atoms. The van der Waals surface area contributed by atoms with Gasteiger partial charge in [0.15, 0.2) is 0 Å². The fraction of sp³-hybridized carbons (Fsp3) is 0.522. The van der Waals surface area contributed by atoms with Gasteiger partial charge in [0, 0.05) is 48.8 Å². The number of fused-ring (bicyclic) bond motifs is 5. The van der Waals surface area contributed by atoms with Crippen molar-refractivity contribution in [1.82, 2.24) is 30.1 Å². The fourth-order valence-electron chi connectivity index (χ4n) is 9.32.